The standard InChI is InChI=1S/C13H18N2O3S/c1-8-6-9(10(7-8)13(17)18)12(16)15-3-2-11-14-4-5-19-11/h4-5,8-10H,2-3,6-7H2,1H3,(H,15,16)(H,17,18). The summed E-state index contributed by atoms with van der Waals surface area (Å²) in [5, 5.41) is 14.9. The van der Waals surface area contributed by atoms with Gasteiger partial charge in [0.05, 0.1) is 16.8 Å². The number of carboxylic acids is 1. The van der Waals surface area contributed by atoms with E-state index in [4.69, 9.17) is 5.11 Å². The van der Waals surface area contributed by atoms with Gasteiger partial charge < -0.3 is 10.4 Å². The number of amides is 1. The molecule has 0 saturated heterocycles. The lowest BCUT2D eigenvalue weighted by Crippen LogP contribution is -2.36. The third-order valence-electron chi connectivity index (χ3n) is 3.57. The molecule has 0 bridgehead atoms. The Labute approximate surface area is 116 Å². The summed E-state index contributed by atoms with van der Waals surface area (Å²) in [6.07, 6.45) is 3.70. The highest BCUT2D eigenvalue weighted by atomic mass is 32.1. The van der Waals surface area contributed by atoms with Gasteiger partial charge in [-0.05, 0) is 18.8 Å². The lowest BCUT2D eigenvalue weighted by atomic mass is 9.95. The van der Waals surface area contributed by atoms with Crippen LogP contribution < -0.4 is 5.32 Å². The predicted molar refractivity (Wildman–Crippen MR) is 71.8 cm³/mol. The van der Waals surface area contributed by atoms with Crippen LogP contribution in [-0.4, -0.2) is 28.5 Å². The summed E-state index contributed by atoms with van der Waals surface area (Å²) >= 11 is 1.56. The monoisotopic (exact) mass is 282 g/mol. The van der Waals surface area contributed by atoms with Crippen molar-refractivity contribution in [1.82, 2.24) is 10.3 Å². The van der Waals surface area contributed by atoms with E-state index in [0.29, 0.717) is 31.7 Å². The van der Waals surface area contributed by atoms with E-state index in [-0.39, 0.29) is 11.8 Å². The van der Waals surface area contributed by atoms with Crippen LogP contribution in [0.4, 0.5) is 0 Å². The number of aliphatic carboxylic acids is 1. The van der Waals surface area contributed by atoms with Crippen LogP contribution in [0.3, 0.4) is 0 Å². The van der Waals surface area contributed by atoms with E-state index in [1.165, 1.54) is 0 Å². The fourth-order valence-corrected chi connectivity index (χ4v) is 3.28. The van der Waals surface area contributed by atoms with Crippen LogP contribution in [0.1, 0.15) is 24.8 Å². The number of carbonyl (C=O) groups is 2. The van der Waals surface area contributed by atoms with Crippen molar-refractivity contribution in [3.63, 3.8) is 0 Å². The number of hydrogen-bond acceptors (Lipinski definition) is 4. The van der Waals surface area contributed by atoms with E-state index in [9.17, 15) is 9.59 Å². The van der Waals surface area contributed by atoms with Gasteiger partial charge in [-0.2, -0.15) is 0 Å². The molecule has 6 heteroatoms. The highest BCUT2D eigenvalue weighted by molar-refractivity contribution is 7.09. The quantitative estimate of drug-likeness (QED) is 0.858. The molecule has 1 saturated carbocycles. The van der Waals surface area contributed by atoms with Gasteiger partial charge in [-0.25, -0.2) is 4.98 Å². The first kappa shape index (κ1) is 14.0. The minimum Gasteiger partial charge on any atom is -0.481 e. The molecule has 2 rings (SSSR count). The Morgan fingerprint density at radius 2 is 2.21 bits per heavy atom. The van der Waals surface area contributed by atoms with Crippen molar-refractivity contribution in [2.45, 2.75) is 26.2 Å². The zero-order chi connectivity index (χ0) is 13.8. The summed E-state index contributed by atoms with van der Waals surface area (Å²) in [7, 11) is 0. The van der Waals surface area contributed by atoms with E-state index in [1.54, 1.807) is 17.5 Å². The minimum absolute atomic E-state index is 0.131. The second-order valence-corrected chi connectivity index (χ2v) is 6.07. The topological polar surface area (TPSA) is 79.3 Å². The fourth-order valence-electron chi connectivity index (χ4n) is 2.65. The maximum absolute atomic E-state index is 12.0. The van der Waals surface area contributed by atoms with Crippen LogP contribution in [0, 0.1) is 17.8 Å². The molecule has 104 valence electrons. The molecule has 19 heavy (non-hydrogen) atoms. The summed E-state index contributed by atoms with van der Waals surface area (Å²) in [6.45, 7) is 2.52. The number of aromatic nitrogens is 1. The number of hydrogen-bond donors (Lipinski definition) is 2. The second kappa shape index (κ2) is 6.14. The summed E-state index contributed by atoms with van der Waals surface area (Å²) in [5.41, 5.74) is 0. The molecule has 1 fully saturated rings. The Morgan fingerprint density at radius 1 is 1.47 bits per heavy atom. The highest BCUT2D eigenvalue weighted by Gasteiger charge is 2.40. The van der Waals surface area contributed by atoms with Gasteiger partial charge in [0.25, 0.3) is 0 Å². The average molecular weight is 282 g/mol. The van der Waals surface area contributed by atoms with Crippen LogP contribution in [0.2, 0.25) is 0 Å². The van der Waals surface area contributed by atoms with E-state index in [0.717, 1.165) is 5.01 Å². The molecule has 1 aliphatic rings. The summed E-state index contributed by atoms with van der Waals surface area (Å²) in [5.74, 6) is -1.60. The number of nitrogens with zero attached hydrogens (tertiary/aromatic N) is 1. The minimum atomic E-state index is -0.857. The number of nitrogens with one attached hydrogen (secondary N) is 1. The van der Waals surface area contributed by atoms with Crippen molar-refractivity contribution < 1.29 is 14.7 Å². The van der Waals surface area contributed by atoms with Gasteiger partial charge in [0.2, 0.25) is 5.91 Å². The lowest BCUT2D eigenvalue weighted by Gasteiger charge is -2.15. The van der Waals surface area contributed by atoms with E-state index in [1.807, 2.05) is 12.3 Å². The van der Waals surface area contributed by atoms with Gasteiger partial charge in [-0.1, -0.05) is 6.92 Å². The van der Waals surface area contributed by atoms with Gasteiger partial charge in [0.15, 0.2) is 0 Å². The number of carbonyl (C=O) groups excluding carboxylic acids is 1. The fraction of sp³-hybridized carbons (Fsp3) is 0.615. The molecular formula is C13H18N2O3S. The lowest BCUT2D eigenvalue weighted by molar-refractivity contribution is -0.146. The molecular weight excluding hydrogens is 264 g/mol. The third kappa shape index (κ3) is 3.53. The van der Waals surface area contributed by atoms with Gasteiger partial charge in [-0.3, -0.25) is 9.59 Å². The van der Waals surface area contributed by atoms with Crippen molar-refractivity contribution >= 4 is 23.2 Å². The molecule has 2 N–H and O–H groups in total. The smallest absolute Gasteiger partial charge is 0.307 e. The van der Waals surface area contributed by atoms with Crippen LogP contribution >= 0.6 is 11.3 Å². The van der Waals surface area contributed by atoms with E-state index in [2.05, 4.69) is 10.3 Å². The molecule has 0 aromatic carbocycles. The zero-order valence-corrected chi connectivity index (χ0v) is 11.7. The Kier molecular flexibility index (Phi) is 4.52. The molecule has 0 spiro atoms. The third-order valence-corrected chi connectivity index (χ3v) is 4.41. The first-order valence-electron chi connectivity index (χ1n) is 6.46. The predicted octanol–water partition coefficient (Wildman–Crippen LogP) is 1.55. The molecule has 1 aromatic heterocycles. The Morgan fingerprint density at radius 3 is 2.84 bits per heavy atom. The second-order valence-electron chi connectivity index (χ2n) is 5.09. The summed E-state index contributed by atoms with van der Waals surface area (Å²) < 4.78 is 0. The molecule has 1 aromatic rings. The molecule has 1 aliphatic carbocycles. The van der Waals surface area contributed by atoms with Crippen LogP contribution in [0.25, 0.3) is 0 Å². The summed E-state index contributed by atoms with van der Waals surface area (Å²) in [4.78, 5) is 27.3. The van der Waals surface area contributed by atoms with Crippen molar-refractivity contribution in [3.8, 4) is 0 Å². The van der Waals surface area contributed by atoms with E-state index < -0.39 is 11.9 Å². The van der Waals surface area contributed by atoms with Gasteiger partial charge in [0, 0.05) is 24.5 Å². The van der Waals surface area contributed by atoms with Gasteiger partial charge >= 0.3 is 5.97 Å². The number of thiazole rings is 1. The molecule has 3 atom stereocenters. The van der Waals surface area contributed by atoms with Crippen molar-refractivity contribution in [2.24, 2.45) is 17.8 Å². The van der Waals surface area contributed by atoms with Crippen molar-refractivity contribution in [1.29, 1.82) is 0 Å². The molecule has 0 aliphatic heterocycles. The maximum atomic E-state index is 12.0. The van der Waals surface area contributed by atoms with Gasteiger partial charge in [-0.15, -0.1) is 11.3 Å². The maximum Gasteiger partial charge on any atom is 0.307 e. The normalized spacial score (nSPS) is 26.3. The molecule has 1 amide bonds. The van der Waals surface area contributed by atoms with Crippen molar-refractivity contribution in [2.75, 3.05) is 6.54 Å². The van der Waals surface area contributed by atoms with Crippen LogP contribution in [0.15, 0.2) is 11.6 Å². The highest BCUT2D eigenvalue weighted by Crippen LogP contribution is 2.36. The Hall–Kier alpha value is -1.43. The van der Waals surface area contributed by atoms with Crippen molar-refractivity contribution in [3.05, 3.63) is 16.6 Å². The van der Waals surface area contributed by atoms with Crippen LogP contribution in [-0.2, 0) is 16.0 Å². The van der Waals surface area contributed by atoms with Gasteiger partial charge in [0.1, 0.15) is 0 Å². The van der Waals surface area contributed by atoms with E-state index >= 15 is 0 Å². The molecule has 1 heterocycles. The molecule has 0 radical (unpaired) electrons. The summed E-state index contributed by atoms with van der Waals surface area (Å²) in [6, 6.07) is 0. The molecule has 3 unspecified atom stereocenters. The first-order valence-corrected chi connectivity index (χ1v) is 7.34. The Bertz CT molecular complexity index is 447. The average Bonchev–Trinajstić information content (AvgIpc) is 2.98. The molecule has 5 nitrogen and oxygen atoms in total. The Balaban J connectivity index is 1.83. The first-order chi connectivity index (χ1) is 9.08. The largest absolute Gasteiger partial charge is 0.481 e. The zero-order valence-electron chi connectivity index (χ0n) is 10.8. The van der Waals surface area contributed by atoms with Crippen LogP contribution in [0.5, 0.6) is 0 Å². The SMILES string of the molecule is CC1CC(C(=O)O)C(C(=O)NCCc2nccs2)C1. The number of carboxylic acid groups (broad SMARTS) is 1. The number of rotatable bonds is 5.